The van der Waals surface area contributed by atoms with Gasteiger partial charge in [0.05, 0.1) is 27.7 Å². The van der Waals surface area contributed by atoms with E-state index in [0.29, 0.717) is 5.56 Å². The van der Waals surface area contributed by atoms with Crippen LogP contribution in [-0.2, 0) is 0 Å². The predicted molar refractivity (Wildman–Crippen MR) is 131 cm³/mol. The molecule has 7 nitrogen and oxygen atoms in total. The maximum Gasteiger partial charge on any atom is 0.270 e. The number of H-pyrrole nitrogens is 2. The zero-order chi connectivity index (χ0) is 22.4. The number of nitrogens with one attached hydrogen (secondary N) is 2. The number of non-ortho nitro benzene ring substituents is 1. The number of fused-ring (bicyclic) bond motifs is 8. The first-order valence-corrected chi connectivity index (χ1v) is 10.4. The third-order valence-corrected chi connectivity index (χ3v) is 5.57. The highest BCUT2D eigenvalue weighted by molar-refractivity contribution is 5.91. The van der Waals surface area contributed by atoms with Crippen LogP contribution in [0.4, 0.5) is 5.69 Å². The second-order valence-corrected chi connectivity index (χ2v) is 7.86. The normalized spacial score (nSPS) is 12.2. The van der Waals surface area contributed by atoms with E-state index in [1.54, 1.807) is 12.1 Å². The average molecular weight is 431 g/mol. The Morgan fingerprint density at radius 2 is 1.33 bits per heavy atom. The molecule has 4 aromatic rings. The lowest BCUT2D eigenvalue weighted by Crippen LogP contribution is -1.90. The molecule has 33 heavy (non-hydrogen) atoms. The highest BCUT2D eigenvalue weighted by Crippen LogP contribution is 2.32. The SMILES string of the molecule is O=[N+]([O-])c1cccc(-c2c3nc(cc4ccc(cc5nc(cc6ccc2[nH]6)C=C5)[nH]4)C=C3)c1. The smallest absolute Gasteiger partial charge is 0.270 e. The molecule has 7 heteroatoms. The van der Waals surface area contributed by atoms with Crippen molar-refractivity contribution in [1.29, 1.82) is 0 Å². The number of hydrogen-bond acceptors (Lipinski definition) is 4. The van der Waals surface area contributed by atoms with E-state index in [0.717, 1.165) is 50.4 Å². The molecule has 8 bridgehead atoms. The summed E-state index contributed by atoms with van der Waals surface area (Å²) in [6, 6.07) is 20.5. The molecule has 2 aliphatic rings. The van der Waals surface area contributed by atoms with Gasteiger partial charge in [0.25, 0.3) is 5.69 Å². The Morgan fingerprint density at radius 1 is 0.697 bits per heavy atom. The topological polar surface area (TPSA) is 100 Å². The first-order chi connectivity index (χ1) is 16.1. The minimum absolute atomic E-state index is 0.0347. The number of aromatic nitrogens is 4. The van der Waals surface area contributed by atoms with Crippen LogP contribution in [0.5, 0.6) is 0 Å². The zero-order valence-electron chi connectivity index (χ0n) is 17.3. The van der Waals surface area contributed by atoms with E-state index < -0.39 is 0 Å². The summed E-state index contributed by atoms with van der Waals surface area (Å²) in [5.41, 5.74) is 8.35. The second kappa shape index (κ2) is 7.42. The van der Waals surface area contributed by atoms with Crippen molar-refractivity contribution in [3.8, 4) is 11.1 Å². The van der Waals surface area contributed by atoms with Crippen LogP contribution in [0, 0.1) is 10.1 Å². The highest BCUT2D eigenvalue weighted by atomic mass is 16.6. The quantitative estimate of drug-likeness (QED) is 0.251. The van der Waals surface area contributed by atoms with Gasteiger partial charge in [-0.2, -0.15) is 0 Å². The van der Waals surface area contributed by atoms with E-state index in [9.17, 15) is 10.1 Å². The Labute approximate surface area is 188 Å². The molecule has 1 aromatic carbocycles. The molecular weight excluding hydrogens is 414 g/mol. The van der Waals surface area contributed by atoms with Gasteiger partial charge in [0, 0.05) is 39.8 Å². The van der Waals surface area contributed by atoms with Crippen molar-refractivity contribution in [3.05, 3.63) is 99.6 Å². The molecule has 3 aromatic heterocycles. The molecule has 0 amide bonds. The van der Waals surface area contributed by atoms with Gasteiger partial charge >= 0.3 is 0 Å². The first-order valence-electron chi connectivity index (χ1n) is 10.4. The Kier molecular flexibility index (Phi) is 4.26. The summed E-state index contributed by atoms with van der Waals surface area (Å²) in [5, 5.41) is 11.4. The van der Waals surface area contributed by atoms with Crippen LogP contribution in [0.25, 0.3) is 57.5 Å². The number of nitro groups is 1. The van der Waals surface area contributed by atoms with Crippen LogP contribution < -0.4 is 0 Å². The van der Waals surface area contributed by atoms with Crippen molar-refractivity contribution in [2.75, 3.05) is 0 Å². The largest absolute Gasteiger partial charge is 0.355 e. The van der Waals surface area contributed by atoms with Gasteiger partial charge in [0.15, 0.2) is 0 Å². The second-order valence-electron chi connectivity index (χ2n) is 7.86. The predicted octanol–water partition coefficient (Wildman–Crippen LogP) is 6.23. The molecule has 0 saturated carbocycles. The fraction of sp³-hybridized carbons (Fsp3) is 0. The summed E-state index contributed by atoms with van der Waals surface area (Å²) >= 11 is 0. The van der Waals surface area contributed by atoms with Gasteiger partial charge in [0.1, 0.15) is 0 Å². The van der Waals surface area contributed by atoms with E-state index in [1.165, 1.54) is 6.07 Å². The van der Waals surface area contributed by atoms with Crippen LogP contribution in [0.15, 0.2) is 66.7 Å². The van der Waals surface area contributed by atoms with Gasteiger partial charge in [-0.3, -0.25) is 10.1 Å². The third kappa shape index (κ3) is 3.61. The van der Waals surface area contributed by atoms with Crippen molar-refractivity contribution >= 4 is 52.1 Å². The third-order valence-electron chi connectivity index (χ3n) is 5.57. The van der Waals surface area contributed by atoms with Crippen LogP contribution in [0.2, 0.25) is 0 Å². The molecule has 0 radical (unpaired) electrons. The van der Waals surface area contributed by atoms with Gasteiger partial charge in [-0.05, 0) is 72.3 Å². The Bertz CT molecular complexity index is 1660. The fourth-order valence-corrected chi connectivity index (χ4v) is 4.09. The lowest BCUT2D eigenvalue weighted by atomic mass is 10.0. The highest BCUT2D eigenvalue weighted by Gasteiger charge is 2.14. The summed E-state index contributed by atoms with van der Waals surface area (Å²) in [6.45, 7) is 0. The fourth-order valence-electron chi connectivity index (χ4n) is 4.09. The van der Waals surface area contributed by atoms with Gasteiger partial charge in [-0.15, -0.1) is 0 Å². The van der Waals surface area contributed by atoms with Gasteiger partial charge < -0.3 is 9.97 Å². The Balaban J connectivity index is 1.70. The molecule has 0 fully saturated rings. The Morgan fingerprint density at radius 3 is 2.06 bits per heavy atom. The lowest BCUT2D eigenvalue weighted by Gasteiger charge is -2.04. The van der Waals surface area contributed by atoms with Gasteiger partial charge in [0.2, 0.25) is 0 Å². The van der Waals surface area contributed by atoms with Crippen LogP contribution >= 0.6 is 0 Å². The summed E-state index contributed by atoms with van der Waals surface area (Å²) in [7, 11) is 0. The molecule has 0 unspecified atom stereocenters. The van der Waals surface area contributed by atoms with Crippen LogP contribution in [0.3, 0.4) is 0 Å². The molecule has 2 aliphatic heterocycles. The number of nitro benzene ring substituents is 1. The van der Waals surface area contributed by atoms with Crippen molar-refractivity contribution in [1.82, 2.24) is 19.9 Å². The lowest BCUT2D eigenvalue weighted by molar-refractivity contribution is -0.384. The van der Waals surface area contributed by atoms with Crippen molar-refractivity contribution in [2.45, 2.75) is 0 Å². The van der Waals surface area contributed by atoms with Crippen LogP contribution in [-0.4, -0.2) is 24.9 Å². The molecule has 6 rings (SSSR count). The zero-order valence-corrected chi connectivity index (χ0v) is 17.3. The maximum absolute atomic E-state index is 11.4. The number of rotatable bonds is 2. The van der Waals surface area contributed by atoms with Gasteiger partial charge in [-0.1, -0.05) is 12.1 Å². The van der Waals surface area contributed by atoms with E-state index in [-0.39, 0.29) is 10.6 Å². The number of aromatic amines is 2. The summed E-state index contributed by atoms with van der Waals surface area (Å²) < 4.78 is 0. The summed E-state index contributed by atoms with van der Waals surface area (Å²) in [4.78, 5) is 27.3. The minimum Gasteiger partial charge on any atom is -0.355 e. The minimum atomic E-state index is -0.385. The van der Waals surface area contributed by atoms with Crippen molar-refractivity contribution < 1.29 is 4.92 Å². The summed E-state index contributed by atoms with van der Waals surface area (Å²) in [6.07, 6.45) is 7.82. The molecule has 0 spiro atoms. The van der Waals surface area contributed by atoms with Gasteiger partial charge in [-0.25, -0.2) is 9.97 Å². The molecule has 5 heterocycles. The Hall–Kier alpha value is -4.78. The molecule has 0 aliphatic carbocycles. The molecule has 2 N–H and O–H groups in total. The average Bonchev–Trinajstić information content (AvgIpc) is 3.60. The van der Waals surface area contributed by atoms with E-state index in [4.69, 9.17) is 4.98 Å². The van der Waals surface area contributed by atoms with Crippen LogP contribution in [0.1, 0.15) is 22.8 Å². The summed E-state index contributed by atoms with van der Waals surface area (Å²) in [5.74, 6) is 0. The van der Waals surface area contributed by atoms with E-state index >= 15 is 0 Å². The number of benzene rings is 1. The first kappa shape index (κ1) is 18.9. The molecule has 0 saturated heterocycles. The maximum atomic E-state index is 11.4. The molecule has 158 valence electrons. The monoisotopic (exact) mass is 431 g/mol. The van der Waals surface area contributed by atoms with E-state index in [2.05, 4.69) is 15.0 Å². The van der Waals surface area contributed by atoms with E-state index in [1.807, 2.05) is 72.8 Å². The number of nitrogens with zero attached hydrogens (tertiary/aromatic N) is 3. The standard InChI is InChI=1S/C26H17N5O2/c32-31(33)23-3-1-2-16(12-23)26-24-10-8-21(29-24)14-19-6-4-17(27-19)13-18-5-7-20(28-18)15-22-9-11-25(26)30-22/h1-15,27,30H. The number of hydrogen-bond donors (Lipinski definition) is 2. The van der Waals surface area contributed by atoms with Crippen molar-refractivity contribution in [3.63, 3.8) is 0 Å². The molecular formula is C26H17N5O2. The van der Waals surface area contributed by atoms with Crippen molar-refractivity contribution in [2.24, 2.45) is 0 Å². The molecule has 0 atom stereocenters.